The lowest BCUT2D eigenvalue weighted by molar-refractivity contribution is 0.0527. The van der Waals surface area contributed by atoms with Gasteiger partial charge in [0.15, 0.2) is 5.65 Å². The average molecular weight is 456 g/mol. The van der Waals surface area contributed by atoms with E-state index in [4.69, 9.17) is 9.47 Å². The third kappa shape index (κ3) is 6.58. The van der Waals surface area contributed by atoms with Gasteiger partial charge in [0, 0.05) is 30.2 Å². The van der Waals surface area contributed by atoms with Crippen LogP contribution in [-0.4, -0.2) is 45.4 Å². The Balaban J connectivity index is 1.66. The zero-order valence-electron chi connectivity index (χ0n) is 19.2. The van der Waals surface area contributed by atoms with Crippen LogP contribution in [0.2, 0.25) is 0 Å². The van der Waals surface area contributed by atoms with Gasteiger partial charge in [-0.15, -0.1) is 0 Å². The Morgan fingerprint density at radius 1 is 1.18 bits per heavy atom. The van der Waals surface area contributed by atoms with E-state index >= 15 is 0 Å². The van der Waals surface area contributed by atoms with Crippen LogP contribution in [0.15, 0.2) is 41.3 Å². The molecule has 0 saturated carbocycles. The van der Waals surface area contributed by atoms with Crippen LogP contribution < -0.4 is 20.9 Å². The molecule has 0 bridgehead atoms. The fourth-order valence-corrected chi connectivity index (χ4v) is 3.10. The second-order valence-electron chi connectivity index (χ2n) is 8.38. The van der Waals surface area contributed by atoms with Gasteiger partial charge in [0.05, 0.1) is 6.61 Å². The van der Waals surface area contributed by atoms with Gasteiger partial charge in [-0.2, -0.15) is 0 Å². The van der Waals surface area contributed by atoms with Crippen molar-refractivity contribution in [3.05, 3.63) is 58.1 Å². The van der Waals surface area contributed by atoms with Crippen molar-refractivity contribution < 1.29 is 19.1 Å². The predicted octanol–water partition coefficient (Wildman–Crippen LogP) is 3.13. The van der Waals surface area contributed by atoms with Gasteiger partial charge in [-0.3, -0.25) is 14.7 Å². The van der Waals surface area contributed by atoms with Crippen molar-refractivity contribution in [2.24, 2.45) is 0 Å². The number of aromatic nitrogens is 3. The molecule has 0 aliphatic carbocycles. The van der Waals surface area contributed by atoms with Crippen molar-refractivity contribution in [1.82, 2.24) is 19.9 Å². The number of fused-ring (bicyclic) bond motifs is 1. The maximum absolute atomic E-state index is 12.8. The molecule has 0 aliphatic heterocycles. The van der Waals surface area contributed by atoms with Gasteiger partial charge in [-0.25, -0.2) is 14.3 Å². The first-order valence-corrected chi connectivity index (χ1v) is 10.8. The monoisotopic (exact) mass is 455 g/mol. The molecule has 33 heavy (non-hydrogen) atoms. The number of hydrogen-bond acceptors (Lipinski definition) is 6. The maximum atomic E-state index is 12.8. The number of hydrogen-bond donors (Lipinski definition) is 3. The zero-order valence-corrected chi connectivity index (χ0v) is 19.2. The fraction of sp³-hybridized carbons (Fsp3) is 0.391. The van der Waals surface area contributed by atoms with E-state index in [0.717, 1.165) is 0 Å². The highest BCUT2D eigenvalue weighted by molar-refractivity contribution is 6.08. The molecule has 0 aliphatic rings. The van der Waals surface area contributed by atoms with Crippen LogP contribution >= 0.6 is 0 Å². The third-order valence-electron chi connectivity index (χ3n) is 4.50. The van der Waals surface area contributed by atoms with Crippen LogP contribution in [0, 0.1) is 0 Å². The molecule has 2 heterocycles. The van der Waals surface area contributed by atoms with Gasteiger partial charge >= 0.3 is 6.09 Å². The van der Waals surface area contributed by atoms with E-state index in [1.54, 1.807) is 45.0 Å². The number of amides is 2. The molecule has 2 amide bonds. The number of aryl methyl sites for hydroxylation is 1. The van der Waals surface area contributed by atoms with Gasteiger partial charge in [-0.05, 0) is 64.8 Å². The highest BCUT2D eigenvalue weighted by Gasteiger charge is 2.17. The summed E-state index contributed by atoms with van der Waals surface area (Å²) in [5, 5.41) is 8.24. The smallest absolute Gasteiger partial charge is 0.407 e. The lowest BCUT2D eigenvalue weighted by Gasteiger charge is -2.19. The Morgan fingerprint density at radius 2 is 1.91 bits per heavy atom. The summed E-state index contributed by atoms with van der Waals surface area (Å²) in [6.45, 7) is 8.20. The Kier molecular flexibility index (Phi) is 7.37. The lowest BCUT2D eigenvalue weighted by Crippen LogP contribution is -2.33. The number of aromatic amines is 1. The topological polar surface area (TPSA) is 127 Å². The van der Waals surface area contributed by atoms with E-state index in [1.165, 1.54) is 16.8 Å². The minimum Gasteiger partial charge on any atom is -0.494 e. The van der Waals surface area contributed by atoms with Gasteiger partial charge in [0.1, 0.15) is 16.9 Å². The molecule has 2 aromatic heterocycles. The van der Waals surface area contributed by atoms with Crippen LogP contribution in [0.3, 0.4) is 0 Å². The number of carbonyl (C=O) groups excluding carboxylic acids is 2. The summed E-state index contributed by atoms with van der Waals surface area (Å²) in [6.07, 6.45) is 1.96. The summed E-state index contributed by atoms with van der Waals surface area (Å²) < 4.78 is 11.8. The number of benzene rings is 1. The Hall–Kier alpha value is -3.82. The molecule has 0 saturated heterocycles. The summed E-state index contributed by atoms with van der Waals surface area (Å²) in [6, 6.07) is 8.41. The highest BCUT2D eigenvalue weighted by atomic mass is 16.6. The largest absolute Gasteiger partial charge is 0.494 e. The first kappa shape index (κ1) is 23.8. The van der Waals surface area contributed by atoms with Crippen LogP contribution in [0.4, 0.5) is 10.5 Å². The molecular weight excluding hydrogens is 426 g/mol. The SMILES string of the molecule is CCOc1ccc(NC(=O)c2c[nH]n3c(=O)cc(CCCNC(=O)OC(C)(C)C)nc23)cc1. The number of ether oxygens (including phenoxy) is 2. The number of anilines is 1. The van der Waals surface area contributed by atoms with E-state index in [9.17, 15) is 14.4 Å². The normalized spacial score (nSPS) is 11.3. The molecule has 0 unspecified atom stereocenters. The standard InChI is InChI=1S/C23H29N5O5/c1-5-32-17-10-8-15(9-11-17)27-21(30)18-14-25-28-19(29)13-16(26-20(18)28)7-6-12-24-22(31)33-23(2,3)4/h8-11,13-14,25H,5-7,12H2,1-4H3,(H,24,31)(H,27,30). The molecule has 0 atom stereocenters. The van der Waals surface area contributed by atoms with Crippen molar-refractivity contribution in [3.8, 4) is 5.75 Å². The van der Waals surface area contributed by atoms with Gasteiger partial charge in [0.25, 0.3) is 11.5 Å². The van der Waals surface area contributed by atoms with Crippen LogP contribution in [-0.2, 0) is 11.2 Å². The number of H-pyrrole nitrogens is 1. The summed E-state index contributed by atoms with van der Waals surface area (Å²) in [7, 11) is 0. The second kappa shape index (κ2) is 10.2. The van der Waals surface area contributed by atoms with E-state index in [2.05, 4.69) is 20.7 Å². The molecule has 0 fully saturated rings. The zero-order chi connectivity index (χ0) is 24.0. The van der Waals surface area contributed by atoms with Crippen LogP contribution in [0.5, 0.6) is 5.75 Å². The Morgan fingerprint density at radius 3 is 2.58 bits per heavy atom. The van der Waals surface area contributed by atoms with Crippen molar-refractivity contribution in [1.29, 1.82) is 0 Å². The third-order valence-corrected chi connectivity index (χ3v) is 4.50. The number of nitrogens with one attached hydrogen (secondary N) is 3. The number of carbonyl (C=O) groups is 2. The summed E-state index contributed by atoms with van der Waals surface area (Å²) >= 11 is 0. The summed E-state index contributed by atoms with van der Waals surface area (Å²) in [5.74, 6) is 0.315. The molecule has 10 nitrogen and oxygen atoms in total. The van der Waals surface area contributed by atoms with Gasteiger partial charge in [0.2, 0.25) is 0 Å². The number of rotatable bonds is 8. The molecule has 3 aromatic rings. The van der Waals surface area contributed by atoms with Gasteiger partial charge in [-0.1, -0.05) is 0 Å². The number of alkyl carbamates (subject to hydrolysis) is 1. The van der Waals surface area contributed by atoms with Crippen LogP contribution in [0.25, 0.3) is 5.65 Å². The minimum absolute atomic E-state index is 0.237. The molecular formula is C23H29N5O5. The van der Waals surface area contributed by atoms with Crippen molar-refractivity contribution in [2.75, 3.05) is 18.5 Å². The molecule has 10 heteroatoms. The Bertz CT molecular complexity index is 1170. The highest BCUT2D eigenvalue weighted by Crippen LogP contribution is 2.17. The molecule has 0 spiro atoms. The van der Waals surface area contributed by atoms with E-state index in [1.807, 2.05) is 6.92 Å². The molecule has 176 valence electrons. The first-order chi connectivity index (χ1) is 15.7. The van der Waals surface area contributed by atoms with E-state index < -0.39 is 17.6 Å². The predicted molar refractivity (Wildman–Crippen MR) is 124 cm³/mol. The second-order valence-corrected chi connectivity index (χ2v) is 8.38. The first-order valence-electron chi connectivity index (χ1n) is 10.8. The fourth-order valence-electron chi connectivity index (χ4n) is 3.10. The molecule has 1 aromatic carbocycles. The summed E-state index contributed by atoms with van der Waals surface area (Å²) in [5.41, 5.74) is 0.711. The van der Waals surface area contributed by atoms with Crippen molar-refractivity contribution in [2.45, 2.75) is 46.1 Å². The van der Waals surface area contributed by atoms with Crippen molar-refractivity contribution in [3.63, 3.8) is 0 Å². The molecule has 3 rings (SSSR count). The number of nitrogens with zero attached hydrogens (tertiary/aromatic N) is 2. The van der Waals surface area contributed by atoms with Crippen molar-refractivity contribution >= 4 is 23.3 Å². The average Bonchev–Trinajstić information content (AvgIpc) is 3.16. The minimum atomic E-state index is -0.568. The quantitative estimate of drug-likeness (QED) is 0.448. The molecule has 3 N–H and O–H groups in total. The van der Waals surface area contributed by atoms with Gasteiger partial charge < -0.3 is 20.1 Å². The molecule has 0 radical (unpaired) electrons. The van der Waals surface area contributed by atoms with Crippen LogP contribution in [0.1, 0.15) is 50.2 Å². The Labute approximate surface area is 191 Å². The van der Waals surface area contributed by atoms with E-state index in [0.29, 0.717) is 43.1 Å². The maximum Gasteiger partial charge on any atom is 0.407 e. The lowest BCUT2D eigenvalue weighted by atomic mass is 10.2. The van der Waals surface area contributed by atoms with E-state index in [-0.39, 0.29) is 16.8 Å². The summed E-state index contributed by atoms with van der Waals surface area (Å²) in [4.78, 5) is 41.4.